The largest absolute Gasteiger partial charge is 0.478 e. The monoisotopic (exact) mass is 314 g/mol. The van der Waals surface area contributed by atoms with E-state index in [4.69, 9.17) is 39.9 Å². The second-order valence-corrected chi connectivity index (χ2v) is 5.39. The van der Waals surface area contributed by atoms with Crippen LogP contribution in [-0.4, -0.2) is 11.1 Å². The van der Waals surface area contributed by atoms with Gasteiger partial charge in [0.15, 0.2) is 0 Å². The average molecular weight is 316 g/mol. The summed E-state index contributed by atoms with van der Waals surface area (Å²) in [6, 6.07) is 8.10. The van der Waals surface area contributed by atoms with Crippen LogP contribution >= 0.6 is 34.8 Å². The predicted molar refractivity (Wildman–Crippen MR) is 78.6 cm³/mol. The summed E-state index contributed by atoms with van der Waals surface area (Å²) in [5.41, 5.74) is 2.25. The molecule has 0 atom stereocenters. The molecule has 0 aromatic heterocycles. The topological polar surface area (TPSA) is 37.3 Å². The van der Waals surface area contributed by atoms with Crippen molar-refractivity contribution in [3.63, 3.8) is 0 Å². The summed E-state index contributed by atoms with van der Waals surface area (Å²) >= 11 is 18.1. The van der Waals surface area contributed by atoms with E-state index in [0.717, 1.165) is 5.56 Å². The van der Waals surface area contributed by atoms with Gasteiger partial charge in [-0.25, -0.2) is 4.79 Å². The summed E-state index contributed by atoms with van der Waals surface area (Å²) in [7, 11) is 0. The zero-order valence-electron chi connectivity index (χ0n) is 9.88. The standard InChI is InChI=1S/C14H9Cl3O2/c1-7-2-8(4-9(3-7)14(18)19)13-11(16)5-10(15)6-12(13)17/h2-6H,1H3,(H,18,19). The molecule has 2 aromatic carbocycles. The molecule has 2 nitrogen and oxygen atoms in total. The van der Waals surface area contributed by atoms with Crippen LogP contribution in [0.3, 0.4) is 0 Å². The Morgan fingerprint density at radius 3 is 2.11 bits per heavy atom. The molecule has 2 rings (SSSR count). The molecule has 0 unspecified atom stereocenters. The first kappa shape index (κ1) is 14.2. The van der Waals surface area contributed by atoms with E-state index in [1.807, 2.05) is 13.0 Å². The smallest absolute Gasteiger partial charge is 0.335 e. The van der Waals surface area contributed by atoms with Crippen molar-refractivity contribution in [2.24, 2.45) is 0 Å². The molecule has 0 heterocycles. The van der Waals surface area contributed by atoms with Crippen molar-refractivity contribution in [2.45, 2.75) is 6.92 Å². The van der Waals surface area contributed by atoms with E-state index in [1.54, 1.807) is 18.2 Å². The third-order valence-electron chi connectivity index (χ3n) is 2.62. The molecule has 0 bridgehead atoms. The van der Waals surface area contributed by atoms with Crippen LogP contribution in [0.25, 0.3) is 11.1 Å². The quantitative estimate of drug-likeness (QED) is 0.814. The van der Waals surface area contributed by atoms with Gasteiger partial charge in [-0.2, -0.15) is 0 Å². The van der Waals surface area contributed by atoms with Gasteiger partial charge in [-0.3, -0.25) is 0 Å². The summed E-state index contributed by atoms with van der Waals surface area (Å²) in [5, 5.41) is 10.3. The third kappa shape index (κ3) is 3.03. The van der Waals surface area contributed by atoms with Gasteiger partial charge in [0.2, 0.25) is 0 Å². The molecule has 98 valence electrons. The van der Waals surface area contributed by atoms with Gasteiger partial charge in [-0.15, -0.1) is 0 Å². The van der Waals surface area contributed by atoms with Gasteiger partial charge >= 0.3 is 5.97 Å². The fraction of sp³-hybridized carbons (Fsp3) is 0.0714. The number of hydrogen-bond donors (Lipinski definition) is 1. The van der Waals surface area contributed by atoms with Gasteiger partial charge in [0.05, 0.1) is 15.6 Å². The van der Waals surface area contributed by atoms with E-state index in [-0.39, 0.29) is 5.56 Å². The van der Waals surface area contributed by atoms with Crippen molar-refractivity contribution >= 4 is 40.8 Å². The Bertz CT molecular complexity index is 643. The normalized spacial score (nSPS) is 10.5. The Labute approximate surface area is 125 Å². The Hall–Kier alpha value is -1.22. The van der Waals surface area contributed by atoms with Crippen LogP contribution in [0.5, 0.6) is 0 Å². The highest BCUT2D eigenvalue weighted by Crippen LogP contribution is 2.37. The number of rotatable bonds is 2. The molecule has 5 heteroatoms. The number of carboxylic acids is 1. The molecular weight excluding hydrogens is 307 g/mol. The molecule has 0 aliphatic rings. The number of hydrogen-bond acceptors (Lipinski definition) is 1. The lowest BCUT2D eigenvalue weighted by molar-refractivity contribution is 0.0697. The molecule has 0 amide bonds. The first-order valence-electron chi connectivity index (χ1n) is 5.38. The Morgan fingerprint density at radius 2 is 1.58 bits per heavy atom. The van der Waals surface area contributed by atoms with Crippen molar-refractivity contribution < 1.29 is 9.90 Å². The van der Waals surface area contributed by atoms with Gasteiger partial charge in [0.25, 0.3) is 0 Å². The maximum atomic E-state index is 11.1. The van der Waals surface area contributed by atoms with Crippen LogP contribution in [0, 0.1) is 6.92 Å². The maximum absolute atomic E-state index is 11.1. The first-order chi connectivity index (χ1) is 8.88. The Balaban J connectivity index is 2.69. The summed E-state index contributed by atoms with van der Waals surface area (Å²) in [4.78, 5) is 11.1. The Kier molecular flexibility index (Phi) is 4.04. The molecule has 19 heavy (non-hydrogen) atoms. The highest BCUT2D eigenvalue weighted by molar-refractivity contribution is 6.41. The van der Waals surface area contributed by atoms with E-state index in [2.05, 4.69) is 0 Å². The molecule has 0 fully saturated rings. The number of carboxylic acid groups (broad SMARTS) is 1. The van der Waals surface area contributed by atoms with E-state index < -0.39 is 5.97 Å². The van der Waals surface area contributed by atoms with E-state index in [0.29, 0.717) is 26.2 Å². The van der Waals surface area contributed by atoms with Gasteiger partial charge in [0.1, 0.15) is 0 Å². The number of aryl methyl sites for hydroxylation is 1. The molecule has 2 aromatic rings. The number of aromatic carboxylic acids is 1. The molecule has 0 radical (unpaired) electrons. The number of benzene rings is 2. The summed E-state index contributed by atoms with van der Waals surface area (Å²) in [6.07, 6.45) is 0. The summed E-state index contributed by atoms with van der Waals surface area (Å²) < 4.78 is 0. The van der Waals surface area contributed by atoms with Crippen LogP contribution in [0.4, 0.5) is 0 Å². The number of halogens is 3. The van der Waals surface area contributed by atoms with Crippen LogP contribution in [0.2, 0.25) is 15.1 Å². The fourth-order valence-electron chi connectivity index (χ4n) is 1.87. The van der Waals surface area contributed by atoms with E-state index >= 15 is 0 Å². The second-order valence-electron chi connectivity index (χ2n) is 4.14. The lowest BCUT2D eigenvalue weighted by atomic mass is 10.00. The predicted octanol–water partition coefficient (Wildman–Crippen LogP) is 5.32. The van der Waals surface area contributed by atoms with E-state index in [1.165, 1.54) is 6.07 Å². The average Bonchev–Trinajstić information content (AvgIpc) is 2.26. The van der Waals surface area contributed by atoms with Crippen LogP contribution in [-0.2, 0) is 0 Å². The summed E-state index contributed by atoms with van der Waals surface area (Å²) in [5.74, 6) is -0.994. The molecule has 0 saturated carbocycles. The summed E-state index contributed by atoms with van der Waals surface area (Å²) in [6.45, 7) is 1.81. The van der Waals surface area contributed by atoms with Crippen molar-refractivity contribution in [2.75, 3.05) is 0 Å². The van der Waals surface area contributed by atoms with Crippen LogP contribution < -0.4 is 0 Å². The highest BCUT2D eigenvalue weighted by atomic mass is 35.5. The van der Waals surface area contributed by atoms with Gasteiger partial charge in [-0.1, -0.05) is 40.9 Å². The third-order valence-corrected chi connectivity index (χ3v) is 3.43. The minimum Gasteiger partial charge on any atom is -0.478 e. The molecule has 0 spiro atoms. The van der Waals surface area contributed by atoms with Crippen LogP contribution in [0.15, 0.2) is 30.3 Å². The van der Waals surface area contributed by atoms with Crippen molar-refractivity contribution in [1.82, 2.24) is 0 Å². The van der Waals surface area contributed by atoms with Gasteiger partial charge in [0, 0.05) is 10.6 Å². The van der Waals surface area contributed by atoms with Gasteiger partial charge < -0.3 is 5.11 Å². The minimum absolute atomic E-state index is 0.192. The van der Waals surface area contributed by atoms with Crippen molar-refractivity contribution in [3.05, 3.63) is 56.5 Å². The maximum Gasteiger partial charge on any atom is 0.335 e. The first-order valence-corrected chi connectivity index (χ1v) is 6.52. The zero-order chi connectivity index (χ0) is 14.2. The minimum atomic E-state index is -0.994. The van der Waals surface area contributed by atoms with E-state index in [9.17, 15) is 4.79 Å². The second kappa shape index (κ2) is 5.41. The zero-order valence-corrected chi connectivity index (χ0v) is 12.1. The number of carbonyl (C=O) groups is 1. The lowest BCUT2D eigenvalue weighted by Crippen LogP contribution is -1.97. The lowest BCUT2D eigenvalue weighted by Gasteiger charge is -2.10. The molecule has 0 aliphatic heterocycles. The van der Waals surface area contributed by atoms with Crippen molar-refractivity contribution in [1.29, 1.82) is 0 Å². The SMILES string of the molecule is Cc1cc(C(=O)O)cc(-c2c(Cl)cc(Cl)cc2Cl)c1. The Morgan fingerprint density at radius 1 is 1.00 bits per heavy atom. The molecule has 0 aliphatic carbocycles. The van der Waals surface area contributed by atoms with Gasteiger partial charge in [-0.05, 0) is 42.3 Å². The molecular formula is C14H9Cl3O2. The molecule has 1 N–H and O–H groups in total. The highest BCUT2D eigenvalue weighted by Gasteiger charge is 2.13. The fourth-order valence-corrected chi connectivity index (χ4v) is 2.90. The van der Waals surface area contributed by atoms with Crippen LogP contribution in [0.1, 0.15) is 15.9 Å². The van der Waals surface area contributed by atoms with Crippen molar-refractivity contribution in [3.8, 4) is 11.1 Å². The molecule has 0 saturated heterocycles.